The maximum Gasteiger partial charge on any atom is 0.272 e. The lowest BCUT2D eigenvalue weighted by atomic mass is 10.2. The molecule has 1 amide bonds. The number of hydrogen-bond acceptors (Lipinski definition) is 5. The van der Waals surface area contributed by atoms with Gasteiger partial charge in [-0.05, 0) is 29.8 Å². The first kappa shape index (κ1) is 16.8. The van der Waals surface area contributed by atoms with Crippen LogP contribution in [-0.4, -0.2) is 36.4 Å². The van der Waals surface area contributed by atoms with Gasteiger partial charge in [0.05, 0.1) is 12.9 Å². The third-order valence-electron chi connectivity index (χ3n) is 3.53. The van der Waals surface area contributed by atoms with Crippen LogP contribution in [-0.2, 0) is 11.3 Å². The van der Waals surface area contributed by atoms with E-state index in [1.807, 2.05) is 24.3 Å². The second-order valence-corrected chi connectivity index (χ2v) is 5.31. The fourth-order valence-electron chi connectivity index (χ4n) is 2.22. The number of amides is 1. The van der Waals surface area contributed by atoms with Crippen molar-refractivity contribution in [3.05, 3.63) is 60.0 Å². The number of methoxy groups -OCH3 is 1. The Kier molecular flexibility index (Phi) is 5.48. The summed E-state index contributed by atoms with van der Waals surface area (Å²) < 4.78 is 15.7. The summed E-state index contributed by atoms with van der Waals surface area (Å²) >= 11 is 0. The number of carbonyl (C=O) groups is 1. The molecule has 25 heavy (non-hydrogen) atoms. The molecule has 0 saturated carbocycles. The maximum atomic E-state index is 12.2. The summed E-state index contributed by atoms with van der Waals surface area (Å²) in [5.74, 6) is 1.15. The molecule has 1 aromatic carbocycles. The predicted octanol–water partition coefficient (Wildman–Crippen LogP) is 2.62. The number of aromatic amines is 1. The van der Waals surface area contributed by atoms with Crippen LogP contribution in [0.5, 0.6) is 5.75 Å². The molecule has 2 N–H and O–H groups in total. The van der Waals surface area contributed by atoms with Crippen LogP contribution in [0.25, 0.3) is 11.5 Å². The molecular weight excluding hydrogens is 322 g/mol. The second-order valence-electron chi connectivity index (χ2n) is 5.31. The zero-order valence-corrected chi connectivity index (χ0v) is 13.8. The molecule has 7 nitrogen and oxygen atoms in total. The third kappa shape index (κ3) is 4.48. The summed E-state index contributed by atoms with van der Waals surface area (Å²) in [4.78, 5) is 12.2. The van der Waals surface area contributed by atoms with Crippen molar-refractivity contribution in [2.24, 2.45) is 0 Å². The largest absolute Gasteiger partial charge is 0.491 e. The number of nitrogens with one attached hydrogen (secondary N) is 2. The summed E-state index contributed by atoms with van der Waals surface area (Å²) in [6, 6.07) is 12.8. The molecule has 0 spiro atoms. The highest BCUT2D eigenvalue weighted by Gasteiger charge is 2.12. The van der Waals surface area contributed by atoms with Crippen LogP contribution in [0.1, 0.15) is 16.1 Å². The minimum absolute atomic E-state index is 0.255. The lowest BCUT2D eigenvalue weighted by Gasteiger charge is -2.07. The maximum absolute atomic E-state index is 12.2. The standard InChI is InChI=1S/C18H19N3O4/c1-23-9-10-24-14-6-4-13(5-7-14)12-19-18(22)16-11-15(20-21-16)17-3-2-8-25-17/h2-8,11H,9-10,12H2,1H3,(H,19,22)(H,20,21). The predicted molar refractivity (Wildman–Crippen MR) is 91.3 cm³/mol. The lowest BCUT2D eigenvalue weighted by Crippen LogP contribution is -2.23. The molecule has 3 rings (SSSR count). The number of H-pyrrole nitrogens is 1. The fraction of sp³-hybridized carbons (Fsp3) is 0.222. The van der Waals surface area contributed by atoms with Crippen molar-refractivity contribution in [3.8, 4) is 17.2 Å². The molecule has 0 atom stereocenters. The van der Waals surface area contributed by atoms with Crippen molar-refractivity contribution < 1.29 is 18.7 Å². The van der Waals surface area contributed by atoms with Crippen molar-refractivity contribution in [2.45, 2.75) is 6.54 Å². The Morgan fingerprint density at radius 3 is 2.80 bits per heavy atom. The van der Waals surface area contributed by atoms with Crippen LogP contribution in [0.4, 0.5) is 0 Å². The smallest absolute Gasteiger partial charge is 0.272 e. The fourth-order valence-corrected chi connectivity index (χ4v) is 2.22. The Hall–Kier alpha value is -3.06. The van der Waals surface area contributed by atoms with Crippen LogP contribution in [0, 0.1) is 0 Å². The molecule has 0 radical (unpaired) electrons. The van der Waals surface area contributed by atoms with E-state index in [2.05, 4.69) is 15.5 Å². The van der Waals surface area contributed by atoms with E-state index in [1.165, 1.54) is 0 Å². The summed E-state index contributed by atoms with van der Waals surface area (Å²) in [6.45, 7) is 1.45. The quantitative estimate of drug-likeness (QED) is 0.615. The highest BCUT2D eigenvalue weighted by Crippen LogP contribution is 2.18. The number of furan rings is 1. The normalized spacial score (nSPS) is 10.6. The Bertz CT molecular complexity index is 794. The van der Waals surface area contributed by atoms with Crippen LogP contribution in [0.15, 0.2) is 53.1 Å². The third-order valence-corrected chi connectivity index (χ3v) is 3.53. The Morgan fingerprint density at radius 2 is 2.08 bits per heavy atom. The number of aromatic nitrogens is 2. The van der Waals surface area contributed by atoms with Gasteiger partial charge in [-0.15, -0.1) is 0 Å². The topological polar surface area (TPSA) is 89.4 Å². The molecule has 0 fully saturated rings. The van der Waals surface area contributed by atoms with Gasteiger partial charge in [0.15, 0.2) is 11.5 Å². The van der Waals surface area contributed by atoms with E-state index in [0.717, 1.165) is 11.3 Å². The minimum Gasteiger partial charge on any atom is -0.491 e. The molecule has 0 bridgehead atoms. The first-order chi connectivity index (χ1) is 12.3. The van der Waals surface area contributed by atoms with Gasteiger partial charge in [-0.1, -0.05) is 12.1 Å². The molecular formula is C18H19N3O4. The van der Waals surface area contributed by atoms with Gasteiger partial charge in [0.2, 0.25) is 0 Å². The molecule has 0 saturated heterocycles. The van der Waals surface area contributed by atoms with E-state index in [0.29, 0.717) is 36.9 Å². The molecule has 0 aliphatic rings. The summed E-state index contributed by atoms with van der Waals surface area (Å²) in [5, 5.41) is 9.63. The van der Waals surface area contributed by atoms with Crippen molar-refractivity contribution in [3.63, 3.8) is 0 Å². The van der Waals surface area contributed by atoms with Gasteiger partial charge in [-0.2, -0.15) is 5.10 Å². The molecule has 7 heteroatoms. The van der Waals surface area contributed by atoms with Crippen molar-refractivity contribution >= 4 is 5.91 Å². The lowest BCUT2D eigenvalue weighted by molar-refractivity contribution is 0.0946. The average molecular weight is 341 g/mol. The van der Waals surface area contributed by atoms with E-state index < -0.39 is 0 Å². The second kappa shape index (κ2) is 8.16. The van der Waals surface area contributed by atoms with Crippen molar-refractivity contribution in [2.75, 3.05) is 20.3 Å². The van der Waals surface area contributed by atoms with E-state index in [-0.39, 0.29) is 5.91 Å². The summed E-state index contributed by atoms with van der Waals surface area (Å²) in [6.07, 6.45) is 1.57. The van der Waals surface area contributed by atoms with Gasteiger partial charge >= 0.3 is 0 Å². The van der Waals surface area contributed by atoms with Gasteiger partial charge < -0.3 is 19.2 Å². The summed E-state index contributed by atoms with van der Waals surface area (Å²) in [7, 11) is 1.63. The van der Waals surface area contributed by atoms with E-state index in [1.54, 1.807) is 31.6 Å². The molecule has 0 aliphatic heterocycles. The van der Waals surface area contributed by atoms with Gasteiger partial charge in [-0.25, -0.2) is 0 Å². The van der Waals surface area contributed by atoms with Crippen LogP contribution < -0.4 is 10.1 Å². The van der Waals surface area contributed by atoms with Crippen molar-refractivity contribution in [1.82, 2.24) is 15.5 Å². The minimum atomic E-state index is -0.255. The molecule has 2 aromatic heterocycles. The van der Waals surface area contributed by atoms with Gasteiger partial charge in [0.25, 0.3) is 5.91 Å². The molecule has 130 valence electrons. The Balaban J connectivity index is 1.52. The first-order valence-corrected chi connectivity index (χ1v) is 7.84. The highest BCUT2D eigenvalue weighted by molar-refractivity contribution is 5.93. The molecule has 3 aromatic rings. The number of benzene rings is 1. The molecule has 2 heterocycles. The zero-order chi connectivity index (χ0) is 17.5. The molecule has 0 unspecified atom stereocenters. The SMILES string of the molecule is COCCOc1ccc(CNC(=O)c2cc(-c3ccco3)[nH]n2)cc1. The van der Waals surface area contributed by atoms with E-state index in [9.17, 15) is 4.79 Å². The number of hydrogen-bond donors (Lipinski definition) is 2. The number of ether oxygens (including phenoxy) is 2. The van der Waals surface area contributed by atoms with Gasteiger partial charge in [-0.3, -0.25) is 9.89 Å². The highest BCUT2D eigenvalue weighted by atomic mass is 16.5. The zero-order valence-electron chi connectivity index (χ0n) is 13.8. The Morgan fingerprint density at radius 1 is 1.24 bits per heavy atom. The summed E-state index contributed by atoms with van der Waals surface area (Å²) in [5.41, 5.74) is 1.94. The van der Waals surface area contributed by atoms with Crippen molar-refractivity contribution in [1.29, 1.82) is 0 Å². The first-order valence-electron chi connectivity index (χ1n) is 7.84. The monoisotopic (exact) mass is 341 g/mol. The van der Waals surface area contributed by atoms with Gasteiger partial charge in [0, 0.05) is 19.7 Å². The Labute approximate surface area is 145 Å². The van der Waals surface area contributed by atoms with Crippen LogP contribution >= 0.6 is 0 Å². The molecule has 0 aliphatic carbocycles. The number of nitrogens with zero attached hydrogens (tertiary/aromatic N) is 1. The number of carbonyl (C=O) groups excluding carboxylic acids is 1. The average Bonchev–Trinajstić information content (AvgIpc) is 3.32. The van der Waals surface area contributed by atoms with E-state index >= 15 is 0 Å². The van der Waals surface area contributed by atoms with Crippen LogP contribution in [0.3, 0.4) is 0 Å². The van der Waals surface area contributed by atoms with Gasteiger partial charge in [0.1, 0.15) is 18.1 Å². The number of rotatable bonds is 8. The van der Waals surface area contributed by atoms with Crippen LogP contribution in [0.2, 0.25) is 0 Å². The van der Waals surface area contributed by atoms with E-state index in [4.69, 9.17) is 13.9 Å².